The van der Waals surface area contributed by atoms with Crippen molar-refractivity contribution in [2.75, 3.05) is 11.3 Å². The van der Waals surface area contributed by atoms with Gasteiger partial charge in [0.05, 0.1) is 10.9 Å². The van der Waals surface area contributed by atoms with E-state index in [-0.39, 0.29) is 23.7 Å². The number of ether oxygens (including phenoxy) is 2. The Morgan fingerprint density at radius 2 is 2.00 bits per heavy atom. The number of alkyl halides is 2. The molecular weight excluding hydrogens is 282 g/mol. The molecule has 1 aromatic rings. The number of sulfonamides is 1. The number of anilines is 1. The van der Waals surface area contributed by atoms with Gasteiger partial charge in [-0.3, -0.25) is 4.72 Å². The number of nitrogens with two attached hydrogens (primary N) is 1. The molecule has 0 spiro atoms. The van der Waals surface area contributed by atoms with Gasteiger partial charge in [-0.1, -0.05) is 0 Å². The normalized spacial score (nSPS) is 18.1. The Hall–Kier alpha value is -1.61. The third kappa shape index (κ3) is 2.87. The van der Waals surface area contributed by atoms with Gasteiger partial charge in [-0.05, 0) is 19.1 Å². The van der Waals surface area contributed by atoms with Crippen LogP contribution >= 0.6 is 0 Å². The van der Waals surface area contributed by atoms with Crippen molar-refractivity contribution in [1.82, 2.24) is 0 Å². The Morgan fingerprint density at radius 1 is 1.37 bits per heavy atom. The molecule has 1 aliphatic rings. The first-order valence-corrected chi connectivity index (χ1v) is 6.90. The molecule has 2 rings (SSSR count). The van der Waals surface area contributed by atoms with E-state index in [4.69, 9.17) is 5.73 Å². The molecule has 0 fully saturated rings. The lowest BCUT2D eigenvalue weighted by molar-refractivity contribution is -0.286. The number of fused-ring (bicyclic) bond motifs is 1. The minimum Gasteiger partial charge on any atom is -0.395 e. The molecule has 1 unspecified atom stereocenters. The van der Waals surface area contributed by atoms with Crippen LogP contribution in [0.5, 0.6) is 11.5 Å². The van der Waals surface area contributed by atoms with E-state index in [0.717, 1.165) is 6.07 Å². The third-order valence-electron chi connectivity index (χ3n) is 2.52. The molecule has 106 valence electrons. The number of benzene rings is 1. The average Bonchev–Trinajstić information content (AvgIpc) is 2.60. The zero-order valence-corrected chi connectivity index (χ0v) is 10.7. The van der Waals surface area contributed by atoms with Crippen LogP contribution in [-0.2, 0) is 10.0 Å². The summed E-state index contributed by atoms with van der Waals surface area (Å²) in [6, 6.07) is 3.61. The second kappa shape index (κ2) is 4.49. The second-order valence-electron chi connectivity index (χ2n) is 4.02. The summed E-state index contributed by atoms with van der Waals surface area (Å²) in [6.07, 6.45) is -3.73. The fourth-order valence-corrected chi connectivity index (χ4v) is 2.31. The molecule has 1 atom stereocenters. The molecule has 0 saturated carbocycles. The van der Waals surface area contributed by atoms with Gasteiger partial charge in [0, 0.05) is 12.6 Å². The van der Waals surface area contributed by atoms with Gasteiger partial charge in [0.15, 0.2) is 11.5 Å². The molecule has 9 heteroatoms. The second-order valence-corrected chi connectivity index (χ2v) is 6.12. The molecule has 0 aromatic heterocycles. The lowest BCUT2D eigenvalue weighted by atomic mass is 10.3. The highest BCUT2D eigenvalue weighted by molar-refractivity contribution is 7.93. The molecule has 0 saturated heterocycles. The van der Waals surface area contributed by atoms with E-state index in [1.807, 2.05) is 0 Å². The molecule has 0 bridgehead atoms. The summed E-state index contributed by atoms with van der Waals surface area (Å²) in [5.74, 6) is -0.384. The third-order valence-corrected chi connectivity index (χ3v) is 4.30. The predicted molar refractivity (Wildman–Crippen MR) is 63.7 cm³/mol. The van der Waals surface area contributed by atoms with Crippen LogP contribution in [0.25, 0.3) is 0 Å². The molecule has 1 heterocycles. The number of rotatable bonds is 4. The zero-order chi connectivity index (χ0) is 14.3. The zero-order valence-electron chi connectivity index (χ0n) is 9.89. The van der Waals surface area contributed by atoms with E-state index in [2.05, 4.69) is 14.2 Å². The Labute approximate surface area is 108 Å². The first-order valence-electron chi connectivity index (χ1n) is 5.35. The van der Waals surface area contributed by atoms with Crippen molar-refractivity contribution < 1.29 is 26.7 Å². The van der Waals surface area contributed by atoms with Crippen molar-refractivity contribution in [1.29, 1.82) is 0 Å². The van der Waals surface area contributed by atoms with E-state index >= 15 is 0 Å². The van der Waals surface area contributed by atoms with Crippen LogP contribution in [0.15, 0.2) is 18.2 Å². The number of nitrogens with one attached hydrogen (secondary N) is 1. The topological polar surface area (TPSA) is 90.7 Å². The van der Waals surface area contributed by atoms with Gasteiger partial charge in [0.2, 0.25) is 10.0 Å². The van der Waals surface area contributed by atoms with Crippen LogP contribution in [-0.4, -0.2) is 26.5 Å². The van der Waals surface area contributed by atoms with E-state index in [1.54, 1.807) is 0 Å². The summed E-state index contributed by atoms with van der Waals surface area (Å²) in [4.78, 5) is 0. The molecule has 0 aliphatic carbocycles. The van der Waals surface area contributed by atoms with Gasteiger partial charge in [0.25, 0.3) is 0 Å². The molecule has 0 amide bonds. The molecule has 0 radical (unpaired) electrons. The highest BCUT2D eigenvalue weighted by Gasteiger charge is 2.43. The Balaban J connectivity index is 2.22. The van der Waals surface area contributed by atoms with Crippen molar-refractivity contribution in [3.8, 4) is 11.5 Å². The highest BCUT2D eigenvalue weighted by atomic mass is 32.2. The minimum atomic E-state index is -3.73. The molecule has 1 aromatic carbocycles. The van der Waals surface area contributed by atoms with Crippen LogP contribution in [0.1, 0.15) is 6.92 Å². The Kier molecular flexibility index (Phi) is 3.27. The molecular formula is C10H12F2N2O4S. The van der Waals surface area contributed by atoms with Gasteiger partial charge in [0.1, 0.15) is 0 Å². The summed E-state index contributed by atoms with van der Waals surface area (Å²) >= 11 is 0. The van der Waals surface area contributed by atoms with Crippen LogP contribution in [0.2, 0.25) is 0 Å². The molecule has 6 nitrogen and oxygen atoms in total. The molecule has 19 heavy (non-hydrogen) atoms. The SMILES string of the molecule is CC(CN)S(=O)(=O)Nc1ccc2c(c1)OC(F)(F)O2. The van der Waals surface area contributed by atoms with E-state index in [1.165, 1.54) is 19.1 Å². The van der Waals surface area contributed by atoms with Gasteiger partial charge in [-0.15, -0.1) is 8.78 Å². The molecule has 1 aliphatic heterocycles. The van der Waals surface area contributed by atoms with Crippen LogP contribution < -0.4 is 19.9 Å². The van der Waals surface area contributed by atoms with Crippen molar-refractivity contribution in [2.24, 2.45) is 5.73 Å². The van der Waals surface area contributed by atoms with Gasteiger partial charge in [-0.25, -0.2) is 8.42 Å². The number of hydrogen-bond donors (Lipinski definition) is 2. The van der Waals surface area contributed by atoms with Crippen LogP contribution in [0, 0.1) is 0 Å². The van der Waals surface area contributed by atoms with Crippen molar-refractivity contribution in [2.45, 2.75) is 18.5 Å². The highest BCUT2D eigenvalue weighted by Crippen LogP contribution is 2.42. The lowest BCUT2D eigenvalue weighted by Crippen LogP contribution is -2.31. The van der Waals surface area contributed by atoms with E-state index in [9.17, 15) is 17.2 Å². The standard InChI is InChI=1S/C10H12F2N2O4S/c1-6(5-13)19(15,16)14-7-2-3-8-9(4-7)18-10(11,12)17-8/h2-4,6,14H,5,13H2,1H3. The van der Waals surface area contributed by atoms with Crippen LogP contribution in [0.4, 0.5) is 14.5 Å². The Bertz CT molecular complexity index is 591. The first-order chi connectivity index (χ1) is 8.73. The summed E-state index contributed by atoms with van der Waals surface area (Å²) in [5.41, 5.74) is 5.37. The van der Waals surface area contributed by atoms with Gasteiger partial charge in [-0.2, -0.15) is 0 Å². The number of halogens is 2. The lowest BCUT2D eigenvalue weighted by Gasteiger charge is -2.12. The smallest absolute Gasteiger partial charge is 0.395 e. The summed E-state index contributed by atoms with van der Waals surface area (Å²) in [5, 5.41) is -0.806. The maximum Gasteiger partial charge on any atom is 0.586 e. The van der Waals surface area contributed by atoms with Crippen LogP contribution in [0.3, 0.4) is 0 Å². The summed E-state index contributed by atoms with van der Waals surface area (Å²) < 4.78 is 59.7. The van der Waals surface area contributed by atoms with Crippen molar-refractivity contribution in [3.05, 3.63) is 18.2 Å². The fraction of sp³-hybridized carbons (Fsp3) is 0.400. The van der Waals surface area contributed by atoms with E-state index in [0.29, 0.717) is 0 Å². The maximum absolute atomic E-state index is 12.8. The summed E-state index contributed by atoms with van der Waals surface area (Å²) in [7, 11) is -3.67. The minimum absolute atomic E-state index is 0.0576. The quantitative estimate of drug-likeness (QED) is 0.867. The molecule has 3 N–H and O–H groups in total. The van der Waals surface area contributed by atoms with Gasteiger partial charge < -0.3 is 15.2 Å². The maximum atomic E-state index is 12.8. The fourth-order valence-electron chi connectivity index (χ4n) is 1.40. The van der Waals surface area contributed by atoms with Crippen molar-refractivity contribution in [3.63, 3.8) is 0 Å². The first kappa shape index (κ1) is 13.8. The Morgan fingerprint density at radius 3 is 2.63 bits per heavy atom. The average molecular weight is 294 g/mol. The predicted octanol–water partition coefficient (Wildman–Crippen LogP) is 1.10. The summed E-state index contributed by atoms with van der Waals surface area (Å²) in [6.45, 7) is 1.38. The van der Waals surface area contributed by atoms with E-state index < -0.39 is 21.6 Å². The van der Waals surface area contributed by atoms with Gasteiger partial charge >= 0.3 is 6.29 Å². The largest absolute Gasteiger partial charge is 0.586 e. The monoisotopic (exact) mass is 294 g/mol. The number of hydrogen-bond acceptors (Lipinski definition) is 5. The van der Waals surface area contributed by atoms with Crippen molar-refractivity contribution >= 4 is 15.7 Å².